The number of carbonyl (C=O) groups excluding carboxylic acids is 1. The molecule has 0 aliphatic carbocycles. The summed E-state index contributed by atoms with van der Waals surface area (Å²) in [7, 11) is 1.37. The highest BCUT2D eigenvalue weighted by molar-refractivity contribution is 5.89. The summed E-state index contributed by atoms with van der Waals surface area (Å²) in [5.74, 6) is -0.333. The van der Waals surface area contributed by atoms with Crippen LogP contribution in [0, 0.1) is 5.41 Å². The Hall–Kier alpha value is -1.43. The van der Waals surface area contributed by atoms with Crippen LogP contribution in [0.4, 0.5) is 0 Å². The van der Waals surface area contributed by atoms with Crippen LogP contribution < -0.4 is 0 Å². The number of hydrogen-bond donors (Lipinski definition) is 2. The standard InChI is InChI=1S/C18H27NO4/c1-3-9-18(13-20)12-19(10-8-16(18)21)11-14-4-6-15(7-5-14)17(22)23-2/h4-7,16,20-21H,3,8-13H2,1-2H3/t16-,18+/m1/s1. The van der Waals surface area contributed by atoms with Crippen LogP contribution in [0.1, 0.15) is 42.1 Å². The van der Waals surface area contributed by atoms with Gasteiger partial charge in [-0.25, -0.2) is 4.79 Å². The first kappa shape index (κ1) is 17.9. The summed E-state index contributed by atoms with van der Waals surface area (Å²) in [4.78, 5) is 13.7. The molecule has 2 N–H and O–H groups in total. The summed E-state index contributed by atoms with van der Waals surface area (Å²) in [6.07, 6.45) is 2.01. The lowest BCUT2D eigenvalue weighted by atomic mass is 9.74. The first-order valence-corrected chi connectivity index (χ1v) is 8.23. The molecule has 0 amide bonds. The normalized spacial score (nSPS) is 25.3. The summed E-state index contributed by atoms with van der Waals surface area (Å²) in [5, 5.41) is 20.1. The fraction of sp³-hybridized carbons (Fsp3) is 0.611. The average Bonchev–Trinajstić information content (AvgIpc) is 2.58. The zero-order chi connectivity index (χ0) is 16.9. The van der Waals surface area contributed by atoms with E-state index in [9.17, 15) is 15.0 Å². The van der Waals surface area contributed by atoms with Crippen molar-refractivity contribution in [3.05, 3.63) is 35.4 Å². The Bertz CT molecular complexity index is 516. The number of piperidine rings is 1. The molecule has 5 nitrogen and oxygen atoms in total. The van der Waals surface area contributed by atoms with Crippen LogP contribution in [0.15, 0.2) is 24.3 Å². The monoisotopic (exact) mass is 321 g/mol. The van der Waals surface area contributed by atoms with Crippen LogP contribution in [0.2, 0.25) is 0 Å². The highest BCUT2D eigenvalue weighted by atomic mass is 16.5. The highest BCUT2D eigenvalue weighted by Crippen LogP contribution is 2.35. The van der Waals surface area contributed by atoms with Crippen molar-refractivity contribution in [1.29, 1.82) is 0 Å². The first-order chi connectivity index (χ1) is 11.0. The number of benzene rings is 1. The molecule has 5 heteroatoms. The molecule has 1 aliphatic heterocycles. The van der Waals surface area contributed by atoms with E-state index >= 15 is 0 Å². The van der Waals surface area contributed by atoms with Gasteiger partial charge in [-0.1, -0.05) is 25.5 Å². The zero-order valence-corrected chi connectivity index (χ0v) is 14.0. The Morgan fingerprint density at radius 2 is 2.09 bits per heavy atom. The lowest BCUT2D eigenvalue weighted by Gasteiger charge is -2.45. The van der Waals surface area contributed by atoms with Gasteiger partial charge >= 0.3 is 5.97 Å². The number of nitrogens with zero attached hydrogens (tertiary/aromatic N) is 1. The molecule has 1 heterocycles. The molecule has 0 radical (unpaired) electrons. The number of rotatable bonds is 6. The van der Waals surface area contributed by atoms with Gasteiger partial charge < -0.3 is 14.9 Å². The minimum Gasteiger partial charge on any atom is -0.465 e. The number of methoxy groups -OCH3 is 1. The molecule has 0 aromatic heterocycles. The van der Waals surface area contributed by atoms with Gasteiger partial charge in [0.15, 0.2) is 0 Å². The van der Waals surface area contributed by atoms with Crippen LogP contribution in [0.5, 0.6) is 0 Å². The van der Waals surface area contributed by atoms with Crippen molar-refractivity contribution in [1.82, 2.24) is 4.90 Å². The Kier molecular flexibility index (Phi) is 6.16. The summed E-state index contributed by atoms with van der Waals surface area (Å²) in [5.41, 5.74) is 1.23. The van der Waals surface area contributed by atoms with Crippen LogP contribution in [0.3, 0.4) is 0 Å². The smallest absolute Gasteiger partial charge is 0.337 e. The SMILES string of the molecule is CCC[C@@]1(CO)CN(Cc2ccc(C(=O)OC)cc2)CC[C@H]1O. The van der Waals surface area contributed by atoms with Crippen molar-refractivity contribution in [2.45, 2.75) is 38.8 Å². The van der Waals surface area contributed by atoms with E-state index in [0.29, 0.717) is 18.5 Å². The van der Waals surface area contributed by atoms with E-state index in [-0.39, 0.29) is 12.6 Å². The largest absolute Gasteiger partial charge is 0.465 e. The third-order valence-electron chi connectivity index (χ3n) is 4.81. The first-order valence-electron chi connectivity index (χ1n) is 8.23. The van der Waals surface area contributed by atoms with Gasteiger partial charge in [-0.15, -0.1) is 0 Å². The van der Waals surface area contributed by atoms with E-state index in [4.69, 9.17) is 4.74 Å². The van der Waals surface area contributed by atoms with Gasteiger partial charge in [0.25, 0.3) is 0 Å². The summed E-state index contributed by atoms with van der Waals surface area (Å²) in [6.45, 7) is 4.34. The molecule has 1 aromatic carbocycles. The van der Waals surface area contributed by atoms with Crippen LogP contribution in [-0.4, -0.2) is 54.0 Å². The van der Waals surface area contributed by atoms with Crippen molar-refractivity contribution in [3.8, 4) is 0 Å². The average molecular weight is 321 g/mol. The molecule has 0 spiro atoms. The number of likely N-dealkylation sites (tertiary alicyclic amines) is 1. The molecular formula is C18H27NO4. The second-order valence-corrected chi connectivity index (χ2v) is 6.47. The number of hydrogen-bond acceptors (Lipinski definition) is 5. The minimum atomic E-state index is -0.439. The fourth-order valence-electron chi connectivity index (χ4n) is 3.48. The molecule has 1 aliphatic rings. The maximum absolute atomic E-state index is 11.5. The van der Waals surface area contributed by atoms with E-state index in [1.807, 2.05) is 12.1 Å². The molecule has 1 saturated heterocycles. The predicted octanol–water partition coefficient (Wildman–Crippen LogP) is 1.82. The van der Waals surface area contributed by atoms with Gasteiger partial charge in [0.2, 0.25) is 0 Å². The van der Waals surface area contributed by atoms with Gasteiger partial charge in [-0.2, -0.15) is 0 Å². The third-order valence-corrected chi connectivity index (χ3v) is 4.81. The molecule has 1 fully saturated rings. The van der Waals surface area contributed by atoms with Crippen LogP contribution >= 0.6 is 0 Å². The van der Waals surface area contributed by atoms with Gasteiger partial charge in [0, 0.05) is 25.0 Å². The van der Waals surface area contributed by atoms with Gasteiger partial charge in [0.1, 0.15) is 0 Å². The maximum atomic E-state index is 11.5. The second-order valence-electron chi connectivity index (χ2n) is 6.47. The highest BCUT2D eigenvalue weighted by Gasteiger charge is 2.41. The fourth-order valence-corrected chi connectivity index (χ4v) is 3.48. The van der Waals surface area contributed by atoms with E-state index < -0.39 is 11.5 Å². The number of aliphatic hydroxyl groups excluding tert-OH is 2. The molecule has 128 valence electrons. The molecule has 0 unspecified atom stereocenters. The third kappa shape index (κ3) is 4.10. The molecule has 2 rings (SSSR count). The zero-order valence-electron chi connectivity index (χ0n) is 14.0. The second kappa shape index (κ2) is 7.90. The number of carbonyl (C=O) groups is 1. The van der Waals surface area contributed by atoms with Crippen LogP contribution in [-0.2, 0) is 11.3 Å². The maximum Gasteiger partial charge on any atom is 0.337 e. The quantitative estimate of drug-likeness (QED) is 0.782. The van der Waals surface area contributed by atoms with E-state index in [0.717, 1.165) is 31.5 Å². The number of esters is 1. The van der Waals surface area contributed by atoms with Crippen molar-refractivity contribution in [2.75, 3.05) is 26.8 Å². The van der Waals surface area contributed by atoms with Crippen molar-refractivity contribution < 1.29 is 19.7 Å². The molecule has 0 bridgehead atoms. The van der Waals surface area contributed by atoms with E-state index in [1.165, 1.54) is 7.11 Å². The minimum absolute atomic E-state index is 0.0137. The molecule has 2 atom stereocenters. The van der Waals surface area contributed by atoms with Gasteiger partial charge in [0.05, 0.1) is 25.4 Å². The predicted molar refractivity (Wildman–Crippen MR) is 88.1 cm³/mol. The Balaban J connectivity index is 2.04. The van der Waals surface area contributed by atoms with Crippen molar-refractivity contribution in [3.63, 3.8) is 0 Å². The molecule has 23 heavy (non-hydrogen) atoms. The lowest BCUT2D eigenvalue weighted by Crippen LogP contribution is -2.53. The number of ether oxygens (including phenoxy) is 1. The van der Waals surface area contributed by atoms with Gasteiger partial charge in [-0.05, 0) is 30.5 Å². The van der Waals surface area contributed by atoms with E-state index in [1.54, 1.807) is 12.1 Å². The number of aliphatic hydroxyl groups is 2. The van der Waals surface area contributed by atoms with Gasteiger partial charge in [-0.3, -0.25) is 4.90 Å². The lowest BCUT2D eigenvalue weighted by molar-refractivity contribution is -0.0819. The van der Waals surface area contributed by atoms with E-state index in [2.05, 4.69) is 11.8 Å². The molecule has 0 saturated carbocycles. The topological polar surface area (TPSA) is 70.0 Å². The molecular weight excluding hydrogens is 294 g/mol. The van der Waals surface area contributed by atoms with Crippen molar-refractivity contribution in [2.24, 2.45) is 5.41 Å². The van der Waals surface area contributed by atoms with Crippen LogP contribution in [0.25, 0.3) is 0 Å². The Morgan fingerprint density at radius 3 is 2.65 bits per heavy atom. The Morgan fingerprint density at radius 1 is 1.39 bits per heavy atom. The summed E-state index contributed by atoms with van der Waals surface area (Å²) in [6, 6.07) is 7.39. The van der Waals surface area contributed by atoms with Crippen molar-refractivity contribution >= 4 is 5.97 Å². The molecule has 1 aromatic rings. The summed E-state index contributed by atoms with van der Waals surface area (Å²) >= 11 is 0. The summed E-state index contributed by atoms with van der Waals surface area (Å²) < 4.78 is 4.70. The Labute approximate surface area is 137 Å².